The molecule has 0 unspecified atom stereocenters. The summed E-state index contributed by atoms with van der Waals surface area (Å²) in [5, 5.41) is 8.15. The molecule has 1 heterocycles. The monoisotopic (exact) mass is 298 g/mol. The normalized spacial score (nSPS) is 10.1. The van der Waals surface area contributed by atoms with E-state index in [1.807, 2.05) is 13.8 Å². The van der Waals surface area contributed by atoms with Crippen LogP contribution in [0.2, 0.25) is 0 Å². The van der Waals surface area contributed by atoms with Gasteiger partial charge in [-0.15, -0.1) is 0 Å². The number of aromatic nitrogens is 1. The van der Waals surface area contributed by atoms with Crippen LogP contribution in [0.5, 0.6) is 0 Å². The molecule has 3 amide bonds. The van der Waals surface area contributed by atoms with Gasteiger partial charge < -0.3 is 16.0 Å². The molecule has 0 saturated carbocycles. The molecule has 0 aliphatic rings. The van der Waals surface area contributed by atoms with Crippen molar-refractivity contribution in [1.29, 1.82) is 0 Å². The Morgan fingerprint density at radius 2 is 1.82 bits per heavy atom. The van der Waals surface area contributed by atoms with Crippen molar-refractivity contribution < 1.29 is 9.59 Å². The highest BCUT2D eigenvalue weighted by Gasteiger charge is 2.08. The van der Waals surface area contributed by atoms with Crippen LogP contribution in [-0.2, 0) is 0 Å². The van der Waals surface area contributed by atoms with Gasteiger partial charge in [0.1, 0.15) is 0 Å². The van der Waals surface area contributed by atoms with Crippen LogP contribution in [0, 0.1) is 0 Å². The fourth-order valence-corrected chi connectivity index (χ4v) is 1.81. The first-order valence-electron chi connectivity index (χ1n) is 6.93. The molecule has 2 rings (SSSR count). The molecule has 6 heteroatoms. The summed E-state index contributed by atoms with van der Waals surface area (Å²) in [6.45, 7) is 3.74. The minimum Gasteiger partial charge on any atom is -0.336 e. The number of anilines is 2. The Morgan fingerprint density at radius 1 is 1.05 bits per heavy atom. The second-order valence-corrected chi connectivity index (χ2v) is 5.03. The SMILES string of the molecule is CC(C)NC(=O)Nc1cccc(C(=O)Nc2cccnc2)c1. The van der Waals surface area contributed by atoms with Crippen molar-refractivity contribution in [2.24, 2.45) is 0 Å². The zero-order chi connectivity index (χ0) is 15.9. The molecule has 6 nitrogen and oxygen atoms in total. The van der Waals surface area contributed by atoms with Crippen LogP contribution in [0.4, 0.5) is 16.2 Å². The quantitative estimate of drug-likeness (QED) is 0.811. The number of nitrogens with one attached hydrogen (secondary N) is 3. The van der Waals surface area contributed by atoms with Crippen LogP contribution < -0.4 is 16.0 Å². The lowest BCUT2D eigenvalue weighted by Gasteiger charge is -2.11. The van der Waals surface area contributed by atoms with E-state index < -0.39 is 0 Å². The van der Waals surface area contributed by atoms with Gasteiger partial charge in [0.2, 0.25) is 0 Å². The average Bonchev–Trinajstić information content (AvgIpc) is 2.47. The van der Waals surface area contributed by atoms with Crippen molar-refractivity contribution in [2.75, 3.05) is 10.6 Å². The Labute approximate surface area is 129 Å². The lowest BCUT2D eigenvalue weighted by Crippen LogP contribution is -2.34. The molecule has 114 valence electrons. The summed E-state index contributed by atoms with van der Waals surface area (Å²) in [4.78, 5) is 27.8. The highest BCUT2D eigenvalue weighted by atomic mass is 16.2. The maximum absolute atomic E-state index is 12.2. The number of pyridine rings is 1. The number of carbonyl (C=O) groups excluding carboxylic acids is 2. The van der Waals surface area contributed by atoms with Crippen molar-refractivity contribution in [3.05, 3.63) is 54.4 Å². The lowest BCUT2D eigenvalue weighted by atomic mass is 10.2. The first-order chi connectivity index (χ1) is 10.5. The number of carbonyl (C=O) groups is 2. The smallest absolute Gasteiger partial charge is 0.319 e. The summed E-state index contributed by atoms with van der Waals surface area (Å²) in [5.41, 5.74) is 1.62. The van der Waals surface area contributed by atoms with E-state index in [1.54, 1.807) is 48.8 Å². The summed E-state index contributed by atoms with van der Waals surface area (Å²) < 4.78 is 0. The number of urea groups is 1. The van der Waals surface area contributed by atoms with Crippen LogP contribution in [0.15, 0.2) is 48.8 Å². The molecular formula is C16H18N4O2. The second kappa shape index (κ2) is 7.21. The molecule has 0 aliphatic carbocycles. The zero-order valence-corrected chi connectivity index (χ0v) is 12.5. The summed E-state index contributed by atoms with van der Waals surface area (Å²) in [7, 11) is 0. The molecule has 0 aliphatic heterocycles. The van der Waals surface area contributed by atoms with Gasteiger partial charge in [-0.3, -0.25) is 9.78 Å². The first-order valence-corrected chi connectivity index (χ1v) is 6.93. The Morgan fingerprint density at radius 3 is 2.50 bits per heavy atom. The summed E-state index contributed by atoms with van der Waals surface area (Å²) in [6, 6.07) is 9.96. The van der Waals surface area contributed by atoms with E-state index >= 15 is 0 Å². The van der Waals surface area contributed by atoms with Gasteiger partial charge in [-0.1, -0.05) is 6.07 Å². The molecule has 3 N–H and O–H groups in total. The van der Waals surface area contributed by atoms with E-state index in [2.05, 4.69) is 20.9 Å². The Hall–Kier alpha value is -2.89. The third-order valence-corrected chi connectivity index (χ3v) is 2.72. The molecule has 0 atom stereocenters. The van der Waals surface area contributed by atoms with Crippen LogP contribution in [-0.4, -0.2) is 23.0 Å². The van der Waals surface area contributed by atoms with Gasteiger partial charge in [0.05, 0.1) is 11.9 Å². The molecule has 1 aromatic carbocycles. The summed E-state index contributed by atoms with van der Waals surface area (Å²) in [6.07, 6.45) is 3.20. The second-order valence-electron chi connectivity index (χ2n) is 5.03. The number of nitrogens with zero attached hydrogens (tertiary/aromatic N) is 1. The topological polar surface area (TPSA) is 83.1 Å². The van der Waals surface area contributed by atoms with Crippen LogP contribution in [0.1, 0.15) is 24.2 Å². The van der Waals surface area contributed by atoms with Gasteiger partial charge >= 0.3 is 6.03 Å². The minimum atomic E-state index is -0.306. The van der Waals surface area contributed by atoms with Crippen molar-refractivity contribution in [3.8, 4) is 0 Å². The zero-order valence-electron chi connectivity index (χ0n) is 12.5. The third-order valence-electron chi connectivity index (χ3n) is 2.72. The van der Waals surface area contributed by atoms with Gasteiger partial charge in [0, 0.05) is 23.5 Å². The van der Waals surface area contributed by atoms with Gasteiger partial charge in [0.25, 0.3) is 5.91 Å². The van der Waals surface area contributed by atoms with E-state index in [4.69, 9.17) is 0 Å². The average molecular weight is 298 g/mol. The number of amides is 3. The van der Waals surface area contributed by atoms with Gasteiger partial charge in [-0.25, -0.2) is 4.79 Å². The standard InChI is InChI=1S/C16H18N4O2/c1-11(2)18-16(22)20-13-6-3-5-12(9-13)15(21)19-14-7-4-8-17-10-14/h3-11H,1-2H3,(H,19,21)(H2,18,20,22). The molecule has 0 spiro atoms. The first kappa shape index (κ1) is 15.5. The summed E-state index contributed by atoms with van der Waals surface area (Å²) in [5.74, 6) is -0.263. The number of benzene rings is 1. The molecule has 0 radical (unpaired) electrons. The van der Waals surface area contributed by atoms with E-state index in [0.717, 1.165) is 0 Å². The van der Waals surface area contributed by atoms with E-state index in [0.29, 0.717) is 16.9 Å². The fraction of sp³-hybridized carbons (Fsp3) is 0.188. The Bertz CT molecular complexity index is 656. The maximum atomic E-state index is 12.2. The van der Waals surface area contributed by atoms with Crippen LogP contribution in [0.3, 0.4) is 0 Å². The van der Waals surface area contributed by atoms with Gasteiger partial charge in [-0.05, 0) is 44.2 Å². The molecule has 2 aromatic rings. The Kier molecular flexibility index (Phi) is 5.08. The molecule has 0 bridgehead atoms. The highest BCUT2D eigenvalue weighted by molar-refractivity contribution is 6.05. The fourth-order valence-electron chi connectivity index (χ4n) is 1.81. The lowest BCUT2D eigenvalue weighted by molar-refractivity contribution is 0.102. The largest absolute Gasteiger partial charge is 0.336 e. The van der Waals surface area contributed by atoms with E-state index in [9.17, 15) is 9.59 Å². The summed E-state index contributed by atoms with van der Waals surface area (Å²) >= 11 is 0. The van der Waals surface area contributed by atoms with E-state index in [1.165, 1.54) is 0 Å². The molecule has 1 aromatic heterocycles. The van der Waals surface area contributed by atoms with Crippen LogP contribution >= 0.6 is 0 Å². The maximum Gasteiger partial charge on any atom is 0.319 e. The number of hydrogen-bond acceptors (Lipinski definition) is 3. The molecule has 0 fully saturated rings. The van der Waals surface area contributed by atoms with Crippen molar-refractivity contribution in [2.45, 2.75) is 19.9 Å². The van der Waals surface area contributed by atoms with Crippen LogP contribution in [0.25, 0.3) is 0 Å². The Balaban J connectivity index is 2.04. The van der Waals surface area contributed by atoms with Gasteiger partial charge in [0.15, 0.2) is 0 Å². The number of hydrogen-bond donors (Lipinski definition) is 3. The van der Waals surface area contributed by atoms with Crippen molar-refractivity contribution in [1.82, 2.24) is 10.3 Å². The number of rotatable bonds is 4. The minimum absolute atomic E-state index is 0.0389. The predicted octanol–water partition coefficient (Wildman–Crippen LogP) is 2.86. The molecule has 0 saturated heterocycles. The van der Waals surface area contributed by atoms with Gasteiger partial charge in [-0.2, -0.15) is 0 Å². The third kappa shape index (κ3) is 4.59. The predicted molar refractivity (Wildman–Crippen MR) is 85.9 cm³/mol. The highest BCUT2D eigenvalue weighted by Crippen LogP contribution is 2.13. The molecule has 22 heavy (non-hydrogen) atoms. The van der Waals surface area contributed by atoms with Crippen molar-refractivity contribution in [3.63, 3.8) is 0 Å². The van der Waals surface area contributed by atoms with Crippen molar-refractivity contribution >= 4 is 23.3 Å². The van der Waals surface area contributed by atoms with E-state index in [-0.39, 0.29) is 18.0 Å². The molecular weight excluding hydrogens is 280 g/mol.